The van der Waals surface area contributed by atoms with E-state index in [0.717, 1.165) is 0 Å². The van der Waals surface area contributed by atoms with E-state index < -0.39 is 32.6 Å². The molecule has 182 valence electrons. The number of rotatable bonds is 4. The third-order valence-corrected chi connectivity index (χ3v) is 12.6. The lowest BCUT2D eigenvalue weighted by atomic mass is 10.1. The van der Waals surface area contributed by atoms with Crippen molar-refractivity contribution >= 4 is 40.9 Å². The number of anilines is 1. The Morgan fingerprint density at radius 1 is 0.914 bits per heavy atom. The Morgan fingerprint density at radius 2 is 1.49 bits per heavy atom. The van der Waals surface area contributed by atoms with Crippen molar-refractivity contribution in [3.05, 3.63) is 67.0 Å². The van der Waals surface area contributed by atoms with E-state index in [1.165, 1.54) is 10.4 Å². The number of hydrogen-bond donors (Lipinski definition) is 3. The van der Waals surface area contributed by atoms with Crippen LogP contribution in [0.4, 0.5) is 5.82 Å². The first kappa shape index (κ1) is 23.6. The minimum absolute atomic E-state index is 0.227. The van der Waals surface area contributed by atoms with Crippen LogP contribution in [-0.2, 0) is 4.74 Å². The first-order chi connectivity index (χ1) is 16.7. The fourth-order valence-corrected chi connectivity index (χ4v) is 10.6. The van der Waals surface area contributed by atoms with Crippen molar-refractivity contribution < 1.29 is 14.9 Å². The van der Waals surface area contributed by atoms with Gasteiger partial charge in [-0.05, 0) is 22.3 Å². The predicted molar refractivity (Wildman–Crippen MR) is 139 cm³/mol. The van der Waals surface area contributed by atoms with Crippen molar-refractivity contribution in [1.29, 1.82) is 0 Å². The summed E-state index contributed by atoms with van der Waals surface area (Å²) in [6.45, 7) is 8.40. The molecule has 1 aliphatic heterocycles. The highest BCUT2D eigenvalue weighted by Gasteiger charge is 2.52. The molecular weight excluding hydrogens is 458 g/mol. The zero-order valence-corrected chi connectivity index (χ0v) is 21.3. The van der Waals surface area contributed by atoms with Gasteiger partial charge in [0.05, 0.1) is 12.4 Å². The smallest absolute Gasteiger partial charge is 0.201 e. The topological polar surface area (TPSA) is 119 Å². The van der Waals surface area contributed by atoms with Crippen LogP contribution in [0.3, 0.4) is 0 Å². The molecule has 0 amide bonds. The second-order valence-electron chi connectivity index (χ2n) is 10.2. The number of fused-ring (bicyclic) bond motifs is 1. The summed E-state index contributed by atoms with van der Waals surface area (Å²) in [6, 6.07) is 20.8. The molecule has 5 rings (SSSR count). The lowest BCUT2D eigenvalue weighted by molar-refractivity contribution is -0.0299. The van der Waals surface area contributed by atoms with E-state index >= 15 is 0 Å². The van der Waals surface area contributed by atoms with Gasteiger partial charge in [0.25, 0.3) is 0 Å². The Labute approximate surface area is 205 Å². The van der Waals surface area contributed by atoms with Crippen molar-refractivity contribution in [3.63, 3.8) is 0 Å². The molecule has 0 bridgehead atoms. The Balaban J connectivity index is 1.82. The van der Waals surface area contributed by atoms with Gasteiger partial charge in [0, 0.05) is 0 Å². The number of aromatic nitrogens is 4. The molecule has 0 spiro atoms. The van der Waals surface area contributed by atoms with E-state index in [0.29, 0.717) is 16.6 Å². The standard InChI is InChI=1S/C26H31N5O3Si/c1-16-20(32)21(33)24(34-16)31-15-28-19-22(27)29-25(30-23(19)31)35(26(2,3)4,17-11-7-5-8-12-17)18-13-9-6-10-14-18/h5-16,20-21,24,32-33H,1-4H3,(H2,27,29,30)/t16-,20?,21?,24-/m1/s1. The minimum Gasteiger partial charge on any atom is -0.388 e. The van der Waals surface area contributed by atoms with E-state index in [4.69, 9.17) is 20.4 Å². The highest BCUT2D eigenvalue weighted by Crippen LogP contribution is 2.36. The van der Waals surface area contributed by atoms with Gasteiger partial charge in [0.15, 0.2) is 17.7 Å². The van der Waals surface area contributed by atoms with Gasteiger partial charge in [0.1, 0.15) is 23.2 Å². The molecule has 0 aliphatic carbocycles. The summed E-state index contributed by atoms with van der Waals surface area (Å²) in [7, 11) is -2.85. The number of benzene rings is 2. The number of nitrogens with zero attached hydrogens (tertiary/aromatic N) is 4. The van der Waals surface area contributed by atoms with Crippen LogP contribution in [0.25, 0.3) is 11.2 Å². The molecule has 4 atom stereocenters. The normalized spacial score (nSPS) is 23.1. The van der Waals surface area contributed by atoms with E-state index in [9.17, 15) is 10.2 Å². The largest absolute Gasteiger partial charge is 0.388 e. The molecule has 0 radical (unpaired) electrons. The second kappa shape index (κ2) is 8.53. The molecule has 3 heterocycles. The van der Waals surface area contributed by atoms with E-state index in [-0.39, 0.29) is 10.9 Å². The first-order valence-corrected chi connectivity index (χ1v) is 13.8. The monoisotopic (exact) mass is 489 g/mol. The van der Waals surface area contributed by atoms with Crippen molar-refractivity contribution in [3.8, 4) is 0 Å². The summed E-state index contributed by atoms with van der Waals surface area (Å²) in [4.78, 5) is 14.4. The second-order valence-corrected chi connectivity index (χ2v) is 14.8. The first-order valence-electron chi connectivity index (χ1n) is 11.8. The molecule has 0 saturated carbocycles. The van der Waals surface area contributed by atoms with Crippen LogP contribution in [0.1, 0.15) is 33.9 Å². The molecule has 8 nitrogen and oxygen atoms in total. The Kier molecular flexibility index (Phi) is 5.75. The fraction of sp³-hybridized carbons (Fsp3) is 0.346. The molecular formula is C26H31N5O3Si. The highest BCUT2D eigenvalue weighted by molar-refractivity contribution is 7.12. The van der Waals surface area contributed by atoms with Gasteiger partial charge >= 0.3 is 0 Å². The Bertz CT molecular complexity index is 1300. The number of imidazole rings is 1. The number of nitrogen functional groups attached to an aromatic ring is 1. The van der Waals surface area contributed by atoms with Crippen molar-refractivity contribution in [2.24, 2.45) is 0 Å². The predicted octanol–water partition coefficient (Wildman–Crippen LogP) is 1.32. The average Bonchev–Trinajstić information content (AvgIpc) is 3.37. The van der Waals surface area contributed by atoms with Gasteiger partial charge in [-0.25, -0.2) is 15.0 Å². The summed E-state index contributed by atoms with van der Waals surface area (Å²) in [5, 5.41) is 23.1. The molecule has 1 saturated heterocycles. The molecule has 35 heavy (non-hydrogen) atoms. The van der Waals surface area contributed by atoms with Crippen LogP contribution in [0, 0.1) is 0 Å². The highest BCUT2D eigenvalue weighted by atomic mass is 28.3. The number of aliphatic hydroxyl groups excluding tert-OH is 2. The summed E-state index contributed by atoms with van der Waals surface area (Å²) in [5.41, 5.74) is 8.08. The molecule has 1 fully saturated rings. The van der Waals surface area contributed by atoms with Gasteiger partial charge < -0.3 is 20.7 Å². The van der Waals surface area contributed by atoms with E-state index in [1.54, 1.807) is 17.8 Å². The number of nitrogens with two attached hydrogens (primary N) is 1. The molecule has 9 heteroatoms. The van der Waals surface area contributed by atoms with Crippen LogP contribution in [0.5, 0.6) is 0 Å². The summed E-state index contributed by atoms with van der Waals surface area (Å²) in [5.74, 6) is 0.276. The summed E-state index contributed by atoms with van der Waals surface area (Å²) < 4.78 is 7.53. The fourth-order valence-electron chi connectivity index (χ4n) is 5.35. The zero-order valence-electron chi connectivity index (χ0n) is 20.3. The van der Waals surface area contributed by atoms with E-state index in [2.05, 4.69) is 50.0 Å². The molecule has 1 aliphatic rings. The number of hydrogen-bond acceptors (Lipinski definition) is 7. The molecule has 2 aromatic heterocycles. The van der Waals surface area contributed by atoms with Crippen LogP contribution in [0.15, 0.2) is 67.0 Å². The molecule has 4 N–H and O–H groups in total. The van der Waals surface area contributed by atoms with Crippen molar-refractivity contribution in [2.45, 2.75) is 57.3 Å². The van der Waals surface area contributed by atoms with Gasteiger partial charge in [-0.3, -0.25) is 4.57 Å². The van der Waals surface area contributed by atoms with Crippen LogP contribution < -0.4 is 21.6 Å². The Morgan fingerprint density at radius 3 is 1.97 bits per heavy atom. The van der Waals surface area contributed by atoms with Gasteiger partial charge in [-0.2, -0.15) is 0 Å². The van der Waals surface area contributed by atoms with Crippen LogP contribution in [-0.4, -0.2) is 56.1 Å². The summed E-state index contributed by atoms with van der Waals surface area (Å²) in [6.07, 6.45) is -1.93. The maximum absolute atomic E-state index is 10.7. The molecule has 2 unspecified atom stereocenters. The van der Waals surface area contributed by atoms with Crippen LogP contribution in [0.2, 0.25) is 5.04 Å². The third-order valence-electron chi connectivity index (χ3n) is 7.07. The number of aliphatic hydroxyl groups is 2. The average molecular weight is 490 g/mol. The SMILES string of the molecule is C[C@H]1O[C@@H](n2cnc3c(N)nc([Si](c4ccccc4)(c4ccccc4)C(C)(C)C)nc32)C(O)C1O. The van der Waals surface area contributed by atoms with Gasteiger partial charge in [-0.1, -0.05) is 81.4 Å². The number of ether oxygens (including phenoxy) is 1. The lowest BCUT2D eigenvalue weighted by Crippen LogP contribution is -2.73. The third kappa shape index (κ3) is 3.58. The lowest BCUT2D eigenvalue weighted by Gasteiger charge is -2.42. The Hall–Kier alpha value is -3.11. The van der Waals surface area contributed by atoms with Gasteiger partial charge in [0.2, 0.25) is 8.07 Å². The summed E-state index contributed by atoms with van der Waals surface area (Å²) >= 11 is 0. The molecule has 2 aromatic carbocycles. The van der Waals surface area contributed by atoms with Gasteiger partial charge in [-0.15, -0.1) is 0 Å². The maximum atomic E-state index is 10.7. The van der Waals surface area contributed by atoms with Crippen LogP contribution >= 0.6 is 0 Å². The zero-order chi connectivity index (χ0) is 25.0. The molecule has 4 aromatic rings. The van der Waals surface area contributed by atoms with Crippen molar-refractivity contribution in [1.82, 2.24) is 19.5 Å². The van der Waals surface area contributed by atoms with Crippen molar-refractivity contribution in [2.75, 3.05) is 5.73 Å². The minimum atomic E-state index is -2.85. The van der Waals surface area contributed by atoms with E-state index in [1.807, 2.05) is 36.4 Å². The maximum Gasteiger partial charge on any atom is 0.201 e. The quantitative estimate of drug-likeness (QED) is 0.370.